The molecule has 2 heteroatoms. The molecule has 0 rings (SSSR count). The first-order valence-electron chi connectivity index (χ1n) is 12.0. The zero-order valence-corrected chi connectivity index (χ0v) is 19.5. The molecule has 0 aromatic carbocycles. The average molecular weight is 371 g/mol. The van der Waals surface area contributed by atoms with Gasteiger partial charge in [-0.2, -0.15) is 0 Å². The van der Waals surface area contributed by atoms with Gasteiger partial charge in [-0.15, -0.1) is 0 Å². The van der Waals surface area contributed by atoms with E-state index in [1.165, 1.54) is 122 Å². The molecule has 0 atom stereocenters. The third-order valence-corrected chi connectivity index (χ3v) is 6.82. The predicted octanol–water partition coefficient (Wildman–Crippen LogP) is 7.96. The fraction of sp³-hybridized carbons (Fsp3) is 1.00. The minimum absolute atomic E-state index is 0.238. The van der Waals surface area contributed by atoms with Crippen molar-refractivity contribution in [3.8, 4) is 0 Å². The summed E-state index contributed by atoms with van der Waals surface area (Å²) in [6.45, 7) is 6.86. The molecule has 0 N–H and O–H groups in total. The topological polar surface area (TPSA) is 9.23 Å². The second-order valence-corrected chi connectivity index (χ2v) is 9.47. The van der Waals surface area contributed by atoms with E-state index in [9.17, 15) is 0 Å². The van der Waals surface area contributed by atoms with Crippen LogP contribution in [0.25, 0.3) is 0 Å². The van der Waals surface area contributed by atoms with E-state index < -0.39 is 0 Å². The normalized spacial score (nSPS) is 12.0. The summed E-state index contributed by atoms with van der Waals surface area (Å²) in [5.74, 6) is 0. The van der Waals surface area contributed by atoms with Crippen LogP contribution in [-0.4, -0.2) is 15.9 Å². The van der Waals surface area contributed by atoms with E-state index >= 15 is 0 Å². The Hall–Kier alpha value is 0.177. The molecule has 0 bridgehead atoms. The summed E-state index contributed by atoms with van der Waals surface area (Å²) < 4.78 is 6.18. The highest BCUT2D eigenvalue weighted by atomic mass is 28.2. The molecule has 0 saturated carbocycles. The molecule has 0 unspecified atom stereocenters. The lowest BCUT2D eigenvalue weighted by Crippen LogP contribution is -2.15. The summed E-state index contributed by atoms with van der Waals surface area (Å²) in [6.07, 6.45) is 26.1. The molecule has 0 aliphatic rings. The Labute approximate surface area is 163 Å². The molecule has 0 aliphatic heterocycles. The highest BCUT2D eigenvalue weighted by Crippen LogP contribution is 2.14. The number of rotatable bonds is 21. The Balaban J connectivity index is 3.13. The highest BCUT2D eigenvalue weighted by molar-refractivity contribution is 6.27. The van der Waals surface area contributed by atoms with Gasteiger partial charge in [0, 0.05) is 6.10 Å². The third kappa shape index (κ3) is 20.3. The first-order valence-corrected chi connectivity index (χ1v) is 13.5. The van der Waals surface area contributed by atoms with Gasteiger partial charge in [0.05, 0.1) is 0 Å². The summed E-state index contributed by atoms with van der Waals surface area (Å²) in [4.78, 5) is 0. The van der Waals surface area contributed by atoms with Crippen LogP contribution in [0, 0.1) is 0 Å². The van der Waals surface area contributed by atoms with Crippen molar-refractivity contribution in [3.63, 3.8) is 0 Å². The molecule has 1 nitrogen and oxygen atoms in total. The van der Waals surface area contributed by atoms with Gasteiger partial charge in [0.1, 0.15) is 0 Å². The number of unbranched alkanes of at least 4 members (excludes halogenated alkanes) is 13. The Morgan fingerprint density at radius 1 is 0.520 bits per heavy atom. The van der Waals surface area contributed by atoms with Crippen molar-refractivity contribution in [2.75, 3.05) is 0 Å². The smallest absolute Gasteiger partial charge is 0.161 e. The summed E-state index contributed by atoms with van der Waals surface area (Å²) in [6, 6.07) is 1.40. The second-order valence-electron chi connectivity index (χ2n) is 8.02. The van der Waals surface area contributed by atoms with Crippen molar-refractivity contribution in [2.24, 2.45) is 0 Å². The molecule has 0 heterocycles. The fourth-order valence-corrected chi connectivity index (χ4v) is 5.07. The van der Waals surface area contributed by atoms with Crippen LogP contribution in [-0.2, 0) is 4.43 Å². The SMILES string of the molecule is CCCCCCCCCCCCCCCC[SiH2]OC(CCC)CCC. The van der Waals surface area contributed by atoms with Crippen LogP contribution >= 0.6 is 0 Å². The minimum Gasteiger partial charge on any atom is -0.421 e. The monoisotopic (exact) mass is 370 g/mol. The van der Waals surface area contributed by atoms with Crippen molar-refractivity contribution in [3.05, 3.63) is 0 Å². The van der Waals surface area contributed by atoms with Gasteiger partial charge in [0.2, 0.25) is 0 Å². The first-order chi connectivity index (χ1) is 12.3. The van der Waals surface area contributed by atoms with Crippen molar-refractivity contribution in [1.29, 1.82) is 0 Å². The zero-order chi connectivity index (χ0) is 18.4. The van der Waals surface area contributed by atoms with E-state index in [1.807, 2.05) is 0 Å². The molecule has 0 aromatic rings. The molecule has 0 amide bonds. The van der Waals surface area contributed by atoms with Gasteiger partial charge in [0.25, 0.3) is 0 Å². The molecular weight excluding hydrogens is 320 g/mol. The second kappa shape index (κ2) is 22.2. The standard InChI is InChI=1S/C23H50OSi/c1-4-7-8-9-10-11-12-13-14-15-16-17-18-19-22-25-24-23(20-5-2)21-6-3/h23H,4-22,25H2,1-3H3. The lowest BCUT2D eigenvalue weighted by molar-refractivity contribution is 0.187. The zero-order valence-electron chi connectivity index (χ0n) is 18.1. The molecule has 25 heavy (non-hydrogen) atoms. The Bertz CT molecular complexity index is 226. The highest BCUT2D eigenvalue weighted by Gasteiger charge is 2.05. The first kappa shape index (κ1) is 25.2. The lowest BCUT2D eigenvalue weighted by atomic mass is 10.0. The Morgan fingerprint density at radius 2 is 0.920 bits per heavy atom. The molecule has 0 aromatic heterocycles. The maximum atomic E-state index is 6.18. The van der Waals surface area contributed by atoms with E-state index in [4.69, 9.17) is 4.43 Å². The van der Waals surface area contributed by atoms with Crippen molar-refractivity contribution >= 4 is 9.76 Å². The van der Waals surface area contributed by atoms with Crippen molar-refractivity contribution in [2.45, 2.75) is 148 Å². The van der Waals surface area contributed by atoms with Gasteiger partial charge in [-0.25, -0.2) is 0 Å². The molecule has 0 saturated heterocycles. The molecular formula is C23H50OSi. The summed E-state index contributed by atoms with van der Waals surface area (Å²) in [5, 5.41) is 0. The molecule has 0 radical (unpaired) electrons. The van der Waals surface area contributed by atoms with E-state index in [-0.39, 0.29) is 9.76 Å². The van der Waals surface area contributed by atoms with Gasteiger partial charge in [-0.1, -0.05) is 124 Å². The number of hydrogen-bond donors (Lipinski definition) is 0. The van der Waals surface area contributed by atoms with Crippen LogP contribution < -0.4 is 0 Å². The quantitative estimate of drug-likeness (QED) is 0.147. The van der Waals surface area contributed by atoms with Crippen molar-refractivity contribution in [1.82, 2.24) is 0 Å². The van der Waals surface area contributed by atoms with E-state index in [0.29, 0.717) is 6.10 Å². The van der Waals surface area contributed by atoms with Gasteiger partial charge in [-0.05, 0) is 18.9 Å². The van der Waals surface area contributed by atoms with Crippen LogP contribution in [0.1, 0.15) is 136 Å². The van der Waals surface area contributed by atoms with Gasteiger partial charge in [-0.3, -0.25) is 0 Å². The maximum Gasteiger partial charge on any atom is 0.161 e. The maximum absolute atomic E-state index is 6.18. The third-order valence-electron chi connectivity index (χ3n) is 5.32. The largest absolute Gasteiger partial charge is 0.421 e. The Kier molecular flexibility index (Phi) is 22.4. The molecule has 0 fully saturated rings. The summed E-state index contributed by atoms with van der Waals surface area (Å²) in [5.41, 5.74) is 0. The number of hydrogen-bond acceptors (Lipinski definition) is 1. The minimum atomic E-state index is -0.238. The van der Waals surface area contributed by atoms with Gasteiger partial charge >= 0.3 is 0 Å². The Morgan fingerprint density at radius 3 is 1.32 bits per heavy atom. The van der Waals surface area contributed by atoms with E-state index in [0.717, 1.165) is 0 Å². The summed E-state index contributed by atoms with van der Waals surface area (Å²) in [7, 11) is -0.238. The fourth-order valence-electron chi connectivity index (χ4n) is 3.68. The van der Waals surface area contributed by atoms with Crippen LogP contribution in [0.4, 0.5) is 0 Å². The average Bonchev–Trinajstić information content (AvgIpc) is 2.61. The molecule has 152 valence electrons. The van der Waals surface area contributed by atoms with Crippen molar-refractivity contribution < 1.29 is 4.43 Å². The van der Waals surface area contributed by atoms with Crippen LogP contribution in [0.15, 0.2) is 0 Å². The van der Waals surface area contributed by atoms with Crippen LogP contribution in [0.5, 0.6) is 0 Å². The van der Waals surface area contributed by atoms with Gasteiger partial charge < -0.3 is 4.43 Å². The molecule has 0 spiro atoms. The van der Waals surface area contributed by atoms with Crippen LogP contribution in [0.3, 0.4) is 0 Å². The van der Waals surface area contributed by atoms with Gasteiger partial charge in [0.15, 0.2) is 9.76 Å². The van der Waals surface area contributed by atoms with E-state index in [1.54, 1.807) is 0 Å². The lowest BCUT2D eigenvalue weighted by Gasteiger charge is -2.16. The van der Waals surface area contributed by atoms with E-state index in [2.05, 4.69) is 20.8 Å². The molecule has 0 aliphatic carbocycles. The van der Waals surface area contributed by atoms with Crippen LogP contribution in [0.2, 0.25) is 6.04 Å². The predicted molar refractivity (Wildman–Crippen MR) is 118 cm³/mol. The summed E-state index contributed by atoms with van der Waals surface area (Å²) >= 11 is 0.